The van der Waals surface area contributed by atoms with Crippen molar-refractivity contribution in [3.63, 3.8) is 0 Å². The normalized spacial score (nSPS) is 17.4. The Morgan fingerprint density at radius 1 is 1.53 bits per heavy atom. The van der Waals surface area contributed by atoms with Crippen molar-refractivity contribution < 1.29 is 4.79 Å². The van der Waals surface area contributed by atoms with Gasteiger partial charge in [-0.2, -0.15) is 5.10 Å². The zero-order valence-electron chi connectivity index (χ0n) is 10.5. The van der Waals surface area contributed by atoms with Gasteiger partial charge in [-0.1, -0.05) is 6.92 Å². The van der Waals surface area contributed by atoms with Crippen molar-refractivity contribution in [2.45, 2.75) is 33.2 Å². The third-order valence-corrected chi connectivity index (χ3v) is 3.44. The van der Waals surface area contributed by atoms with Crippen LogP contribution in [0.1, 0.15) is 37.2 Å². The maximum atomic E-state index is 12.4. The lowest BCUT2D eigenvalue weighted by molar-refractivity contribution is 0.0686. The number of likely N-dealkylation sites (tertiary alicyclic amines) is 1. The zero-order valence-corrected chi connectivity index (χ0v) is 10.5. The first kappa shape index (κ1) is 12.0. The van der Waals surface area contributed by atoms with Gasteiger partial charge in [0.2, 0.25) is 0 Å². The number of hydrogen-bond donors (Lipinski definition) is 1. The first-order chi connectivity index (χ1) is 8.13. The van der Waals surface area contributed by atoms with Crippen LogP contribution in [0.4, 0.5) is 5.69 Å². The average molecular weight is 236 g/mol. The third kappa shape index (κ3) is 2.28. The Morgan fingerprint density at radius 2 is 2.18 bits per heavy atom. The van der Waals surface area contributed by atoms with E-state index >= 15 is 0 Å². The van der Waals surface area contributed by atoms with Crippen molar-refractivity contribution in [2.24, 2.45) is 5.92 Å². The van der Waals surface area contributed by atoms with E-state index in [1.54, 1.807) is 10.9 Å². The highest BCUT2D eigenvalue weighted by Crippen LogP contribution is 2.20. The van der Waals surface area contributed by atoms with Crippen LogP contribution >= 0.6 is 0 Å². The molecule has 5 heteroatoms. The average Bonchev–Trinajstić information content (AvgIpc) is 2.70. The minimum Gasteiger partial charge on any atom is -0.396 e. The lowest BCUT2D eigenvalue weighted by Gasteiger charge is -2.30. The van der Waals surface area contributed by atoms with Crippen molar-refractivity contribution in [3.05, 3.63) is 11.9 Å². The molecule has 1 saturated heterocycles. The second kappa shape index (κ2) is 4.77. The lowest BCUT2D eigenvalue weighted by Crippen LogP contribution is -2.39. The van der Waals surface area contributed by atoms with Gasteiger partial charge in [-0.3, -0.25) is 9.48 Å². The molecule has 0 aromatic carbocycles. The number of piperidine rings is 1. The molecule has 0 bridgehead atoms. The standard InChI is InChI=1S/C12H20N4O/c1-3-16-11(10(13)8-14-16)12(17)15-6-4-9(2)5-7-15/h8-9H,3-7,13H2,1-2H3. The Hall–Kier alpha value is -1.52. The van der Waals surface area contributed by atoms with Crippen LogP contribution in [0.3, 0.4) is 0 Å². The molecule has 0 unspecified atom stereocenters. The minimum atomic E-state index is 0.0220. The van der Waals surface area contributed by atoms with E-state index in [0.29, 0.717) is 23.8 Å². The van der Waals surface area contributed by atoms with E-state index in [1.165, 1.54) is 0 Å². The predicted octanol–water partition coefficient (Wildman–Crippen LogP) is 1.36. The van der Waals surface area contributed by atoms with E-state index in [9.17, 15) is 4.79 Å². The molecule has 0 atom stereocenters. The smallest absolute Gasteiger partial charge is 0.274 e. The van der Waals surface area contributed by atoms with Gasteiger partial charge in [0, 0.05) is 19.6 Å². The fraction of sp³-hybridized carbons (Fsp3) is 0.667. The van der Waals surface area contributed by atoms with Crippen LogP contribution in [0.2, 0.25) is 0 Å². The number of hydrogen-bond acceptors (Lipinski definition) is 3. The highest BCUT2D eigenvalue weighted by Gasteiger charge is 2.25. The topological polar surface area (TPSA) is 64.2 Å². The van der Waals surface area contributed by atoms with Crippen LogP contribution in [0.5, 0.6) is 0 Å². The van der Waals surface area contributed by atoms with Gasteiger partial charge >= 0.3 is 0 Å². The summed E-state index contributed by atoms with van der Waals surface area (Å²) >= 11 is 0. The van der Waals surface area contributed by atoms with Gasteiger partial charge in [-0.05, 0) is 25.7 Å². The Labute approximate surface area is 102 Å². The molecule has 0 spiro atoms. The Morgan fingerprint density at radius 3 is 2.76 bits per heavy atom. The van der Waals surface area contributed by atoms with Crippen LogP contribution in [-0.2, 0) is 6.54 Å². The summed E-state index contributed by atoms with van der Waals surface area (Å²) in [7, 11) is 0. The van der Waals surface area contributed by atoms with Crippen molar-refractivity contribution >= 4 is 11.6 Å². The summed E-state index contributed by atoms with van der Waals surface area (Å²) in [6.45, 7) is 6.51. The van der Waals surface area contributed by atoms with E-state index in [-0.39, 0.29) is 5.91 Å². The molecule has 1 amide bonds. The van der Waals surface area contributed by atoms with Crippen LogP contribution in [0, 0.1) is 5.92 Å². The van der Waals surface area contributed by atoms with Gasteiger partial charge in [-0.15, -0.1) is 0 Å². The summed E-state index contributed by atoms with van der Waals surface area (Å²) in [4.78, 5) is 14.2. The van der Waals surface area contributed by atoms with Gasteiger partial charge in [0.25, 0.3) is 5.91 Å². The first-order valence-corrected chi connectivity index (χ1v) is 6.24. The monoisotopic (exact) mass is 236 g/mol. The summed E-state index contributed by atoms with van der Waals surface area (Å²) in [6, 6.07) is 0. The van der Waals surface area contributed by atoms with E-state index in [1.807, 2.05) is 11.8 Å². The Balaban J connectivity index is 2.16. The predicted molar refractivity (Wildman–Crippen MR) is 66.6 cm³/mol. The molecule has 1 aromatic rings. The van der Waals surface area contributed by atoms with E-state index in [4.69, 9.17) is 5.73 Å². The van der Waals surface area contributed by atoms with Crippen LogP contribution in [0.25, 0.3) is 0 Å². The molecule has 94 valence electrons. The molecule has 2 heterocycles. The molecule has 0 aliphatic carbocycles. The van der Waals surface area contributed by atoms with E-state index < -0.39 is 0 Å². The summed E-state index contributed by atoms with van der Waals surface area (Å²) in [5.41, 5.74) is 6.85. The number of aromatic nitrogens is 2. The van der Waals surface area contributed by atoms with Gasteiger partial charge in [0.1, 0.15) is 5.69 Å². The molecular weight excluding hydrogens is 216 g/mol. The molecule has 17 heavy (non-hydrogen) atoms. The number of nitrogen functional groups attached to an aromatic ring is 1. The SMILES string of the molecule is CCn1ncc(N)c1C(=O)N1CCC(C)CC1. The van der Waals surface area contributed by atoms with Crippen LogP contribution in [-0.4, -0.2) is 33.7 Å². The van der Waals surface area contributed by atoms with Gasteiger partial charge < -0.3 is 10.6 Å². The quantitative estimate of drug-likeness (QED) is 0.843. The highest BCUT2D eigenvalue weighted by molar-refractivity contribution is 5.97. The van der Waals surface area contributed by atoms with Gasteiger partial charge in [0.15, 0.2) is 0 Å². The number of carbonyl (C=O) groups is 1. The maximum Gasteiger partial charge on any atom is 0.274 e. The molecule has 0 radical (unpaired) electrons. The molecule has 1 aliphatic heterocycles. The minimum absolute atomic E-state index is 0.0220. The molecule has 5 nitrogen and oxygen atoms in total. The molecule has 0 saturated carbocycles. The molecule has 1 aromatic heterocycles. The van der Waals surface area contributed by atoms with Crippen molar-refractivity contribution in [3.8, 4) is 0 Å². The van der Waals surface area contributed by atoms with Crippen molar-refractivity contribution in [2.75, 3.05) is 18.8 Å². The summed E-state index contributed by atoms with van der Waals surface area (Å²) in [5.74, 6) is 0.737. The van der Waals surface area contributed by atoms with Crippen molar-refractivity contribution in [1.82, 2.24) is 14.7 Å². The number of amides is 1. The van der Waals surface area contributed by atoms with Gasteiger partial charge in [0.05, 0.1) is 11.9 Å². The zero-order chi connectivity index (χ0) is 12.4. The maximum absolute atomic E-state index is 12.4. The summed E-state index contributed by atoms with van der Waals surface area (Å²) < 4.78 is 1.68. The largest absolute Gasteiger partial charge is 0.396 e. The Kier molecular flexibility index (Phi) is 3.36. The second-order valence-corrected chi connectivity index (χ2v) is 4.74. The third-order valence-electron chi connectivity index (χ3n) is 3.44. The summed E-state index contributed by atoms with van der Waals surface area (Å²) in [5, 5.41) is 4.11. The Bertz CT molecular complexity index is 405. The van der Waals surface area contributed by atoms with E-state index in [0.717, 1.165) is 25.9 Å². The second-order valence-electron chi connectivity index (χ2n) is 4.74. The highest BCUT2D eigenvalue weighted by atomic mass is 16.2. The number of aryl methyl sites for hydroxylation is 1. The van der Waals surface area contributed by atoms with Crippen LogP contribution < -0.4 is 5.73 Å². The molecule has 1 fully saturated rings. The molecule has 2 N–H and O–H groups in total. The van der Waals surface area contributed by atoms with E-state index in [2.05, 4.69) is 12.0 Å². The number of carbonyl (C=O) groups excluding carboxylic acids is 1. The summed E-state index contributed by atoms with van der Waals surface area (Å²) in [6.07, 6.45) is 3.71. The first-order valence-electron chi connectivity index (χ1n) is 6.24. The fourth-order valence-electron chi connectivity index (χ4n) is 2.23. The van der Waals surface area contributed by atoms with Crippen LogP contribution in [0.15, 0.2) is 6.20 Å². The van der Waals surface area contributed by atoms with Gasteiger partial charge in [-0.25, -0.2) is 0 Å². The molecule has 1 aliphatic rings. The van der Waals surface area contributed by atoms with Crippen molar-refractivity contribution in [1.29, 1.82) is 0 Å². The molecule has 2 rings (SSSR count). The number of nitrogens with zero attached hydrogens (tertiary/aromatic N) is 3. The number of nitrogens with two attached hydrogens (primary N) is 1. The number of anilines is 1. The molecular formula is C12H20N4O. The number of rotatable bonds is 2. The fourth-order valence-corrected chi connectivity index (χ4v) is 2.23. The lowest BCUT2D eigenvalue weighted by atomic mass is 9.99.